The SMILES string of the molecule is CC(NC(=O)NCCCCCCC(=O)O)c1ccccc1. The number of urea groups is 1. The molecule has 0 heterocycles. The highest BCUT2D eigenvalue weighted by molar-refractivity contribution is 5.74. The number of benzene rings is 1. The lowest BCUT2D eigenvalue weighted by molar-refractivity contribution is -0.137. The predicted molar refractivity (Wildman–Crippen MR) is 82.1 cm³/mol. The van der Waals surface area contributed by atoms with Gasteiger partial charge in [0, 0.05) is 13.0 Å². The van der Waals surface area contributed by atoms with E-state index in [0.29, 0.717) is 13.0 Å². The van der Waals surface area contributed by atoms with Gasteiger partial charge in [-0.2, -0.15) is 0 Å². The maximum atomic E-state index is 11.7. The van der Waals surface area contributed by atoms with Gasteiger partial charge in [-0.1, -0.05) is 43.2 Å². The molecule has 1 atom stereocenters. The second kappa shape index (κ2) is 9.80. The number of hydrogen-bond donors (Lipinski definition) is 3. The molecule has 21 heavy (non-hydrogen) atoms. The topological polar surface area (TPSA) is 78.4 Å². The average molecular weight is 292 g/mol. The minimum Gasteiger partial charge on any atom is -0.481 e. The van der Waals surface area contributed by atoms with Crippen LogP contribution < -0.4 is 10.6 Å². The van der Waals surface area contributed by atoms with E-state index in [0.717, 1.165) is 24.8 Å². The Morgan fingerprint density at radius 3 is 2.43 bits per heavy atom. The molecule has 5 nitrogen and oxygen atoms in total. The van der Waals surface area contributed by atoms with Crippen LogP contribution in [0.1, 0.15) is 50.6 Å². The van der Waals surface area contributed by atoms with Crippen LogP contribution in [0.5, 0.6) is 0 Å². The highest BCUT2D eigenvalue weighted by Crippen LogP contribution is 2.10. The molecule has 0 aliphatic heterocycles. The van der Waals surface area contributed by atoms with Crippen molar-refractivity contribution >= 4 is 12.0 Å². The second-order valence-electron chi connectivity index (χ2n) is 5.09. The molecule has 0 fully saturated rings. The van der Waals surface area contributed by atoms with Gasteiger partial charge in [0.05, 0.1) is 6.04 Å². The Balaban J connectivity index is 2.07. The van der Waals surface area contributed by atoms with Gasteiger partial charge in [0.15, 0.2) is 0 Å². The third-order valence-corrected chi connectivity index (χ3v) is 3.25. The first kappa shape index (κ1) is 17.0. The van der Waals surface area contributed by atoms with Crippen LogP contribution in [0.15, 0.2) is 30.3 Å². The minimum atomic E-state index is -0.748. The van der Waals surface area contributed by atoms with Gasteiger partial charge in [0.2, 0.25) is 0 Å². The number of unbranched alkanes of at least 4 members (excludes halogenated alkanes) is 3. The molecule has 0 spiro atoms. The first-order valence-corrected chi connectivity index (χ1v) is 7.40. The highest BCUT2D eigenvalue weighted by Gasteiger charge is 2.07. The molecule has 116 valence electrons. The van der Waals surface area contributed by atoms with E-state index in [-0.39, 0.29) is 18.5 Å². The van der Waals surface area contributed by atoms with Crippen molar-refractivity contribution in [2.75, 3.05) is 6.54 Å². The van der Waals surface area contributed by atoms with Crippen molar-refractivity contribution in [1.82, 2.24) is 10.6 Å². The van der Waals surface area contributed by atoms with Gasteiger partial charge in [0.1, 0.15) is 0 Å². The number of amides is 2. The molecular formula is C16H24N2O3. The van der Waals surface area contributed by atoms with Crippen LogP contribution in [-0.2, 0) is 4.79 Å². The molecule has 5 heteroatoms. The number of carbonyl (C=O) groups excluding carboxylic acids is 1. The second-order valence-corrected chi connectivity index (χ2v) is 5.09. The Bertz CT molecular complexity index is 434. The standard InChI is InChI=1S/C16H24N2O3/c1-13(14-9-5-4-6-10-14)18-16(21)17-12-8-3-2-7-11-15(19)20/h4-6,9-10,13H,2-3,7-8,11-12H2,1H3,(H,19,20)(H2,17,18,21). The smallest absolute Gasteiger partial charge is 0.315 e. The summed E-state index contributed by atoms with van der Waals surface area (Å²) >= 11 is 0. The van der Waals surface area contributed by atoms with Gasteiger partial charge < -0.3 is 15.7 Å². The Hall–Kier alpha value is -2.04. The van der Waals surface area contributed by atoms with Gasteiger partial charge in [-0.15, -0.1) is 0 Å². The molecule has 0 aliphatic carbocycles. The Morgan fingerprint density at radius 2 is 1.76 bits per heavy atom. The molecule has 1 aromatic rings. The highest BCUT2D eigenvalue weighted by atomic mass is 16.4. The number of nitrogens with one attached hydrogen (secondary N) is 2. The molecule has 1 rings (SSSR count). The predicted octanol–water partition coefficient (Wildman–Crippen LogP) is 3.08. The molecule has 1 aromatic carbocycles. The number of aliphatic carboxylic acids is 1. The van der Waals surface area contributed by atoms with Gasteiger partial charge in [0.25, 0.3) is 0 Å². The van der Waals surface area contributed by atoms with E-state index < -0.39 is 5.97 Å². The van der Waals surface area contributed by atoms with Crippen LogP contribution in [0.4, 0.5) is 4.79 Å². The Labute approximate surface area is 125 Å². The van der Waals surface area contributed by atoms with Gasteiger partial charge in [-0.25, -0.2) is 4.79 Å². The lowest BCUT2D eigenvalue weighted by Gasteiger charge is -2.14. The van der Waals surface area contributed by atoms with Crippen LogP contribution in [0.3, 0.4) is 0 Å². The summed E-state index contributed by atoms with van der Waals surface area (Å²) in [5, 5.41) is 14.2. The molecule has 0 aliphatic rings. The fraction of sp³-hybridized carbons (Fsp3) is 0.500. The Kier molecular flexibility index (Phi) is 7.94. The summed E-state index contributed by atoms with van der Waals surface area (Å²) in [5.41, 5.74) is 1.07. The first-order valence-electron chi connectivity index (χ1n) is 7.40. The van der Waals surface area contributed by atoms with Crippen LogP contribution in [0.25, 0.3) is 0 Å². The molecule has 0 saturated heterocycles. The summed E-state index contributed by atoms with van der Waals surface area (Å²) in [7, 11) is 0. The maximum absolute atomic E-state index is 11.7. The summed E-state index contributed by atoms with van der Waals surface area (Å²) < 4.78 is 0. The normalized spacial score (nSPS) is 11.7. The van der Waals surface area contributed by atoms with Gasteiger partial charge in [-0.3, -0.25) is 4.79 Å². The average Bonchev–Trinajstić information content (AvgIpc) is 2.46. The Morgan fingerprint density at radius 1 is 1.10 bits per heavy atom. The third-order valence-electron chi connectivity index (χ3n) is 3.25. The van der Waals surface area contributed by atoms with Crippen LogP contribution in [0.2, 0.25) is 0 Å². The zero-order valence-electron chi connectivity index (χ0n) is 12.5. The fourth-order valence-electron chi connectivity index (χ4n) is 2.03. The summed E-state index contributed by atoms with van der Waals surface area (Å²) in [5.74, 6) is -0.748. The van der Waals surface area contributed by atoms with Crippen molar-refractivity contribution < 1.29 is 14.7 Å². The third kappa shape index (κ3) is 7.97. The minimum absolute atomic E-state index is 0.0261. The molecule has 3 N–H and O–H groups in total. The van der Waals surface area contributed by atoms with E-state index in [9.17, 15) is 9.59 Å². The van der Waals surface area contributed by atoms with Crippen LogP contribution >= 0.6 is 0 Å². The van der Waals surface area contributed by atoms with E-state index >= 15 is 0 Å². The number of carbonyl (C=O) groups is 2. The molecule has 2 amide bonds. The first-order chi connectivity index (χ1) is 10.1. The molecule has 1 unspecified atom stereocenters. The number of rotatable bonds is 9. The zero-order chi connectivity index (χ0) is 15.5. The van der Waals surface area contributed by atoms with Crippen molar-refractivity contribution in [3.05, 3.63) is 35.9 Å². The van der Waals surface area contributed by atoms with E-state index in [2.05, 4.69) is 10.6 Å². The number of carboxylic acids is 1. The molecule has 0 bridgehead atoms. The lowest BCUT2D eigenvalue weighted by atomic mass is 10.1. The summed E-state index contributed by atoms with van der Waals surface area (Å²) in [4.78, 5) is 22.0. The van der Waals surface area contributed by atoms with Crippen molar-refractivity contribution in [3.63, 3.8) is 0 Å². The summed E-state index contributed by atoms with van der Waals surface area (Å²) in [6.45, 7) is 2.56. The number of hydrogen-bond acceptors (Lipinski definition) is 2. The zero-order valence-corrected chi connectivity index (χ0v) is 12.5. The van der Waals surface area contributed by atoms with Crippen molar-refractivity contribution in [2.45, 2.75) is 45.1 Å². The van der Waals surface area contributed by atoms with Crippen LogP contribution in [0, 0.1) is 0 Å². The number of carboxylic acid groups (broad SMARTS) is 1. The summed E-state index contributed by atoms with van der Waals surface area (Å²) in [6.07, 6.45) is 3.61. The van der Waals surface area contributed by atoms with E-state index in [4.69, 9.17) is 5.11 Å². The van der Waals surface area contributed by atoms with Crippen molar-refractivity contribution in [1.29, 1.82) is 0 Å². The molecule has 0 saturated carbocycles. The van der Waals surface area contributed by atoms with Crippen molar-refractivity contribution in [3.8, 4) is 0 Å². The maximum Gasteiger partial charge on any atom is 0.315 e. The molecule has 0 radical (unpaired) electrons. The largest absolute Gasteiger partial charge is 0.481 e. The van der Waals surface area contributed by atoms with E-state index in [1.54, 1.807) is 0 Å². The van der Waals surface area contributed by atoms with Gasteiger partial charge >= 0.3 is 12.0 Å². The van der Waals surface area contributed by atoms with Gasteiger partial charge in [-0.05, 0) is 25.3 Å². The summed E-state index contributed by atoms with van der Waals surface area (Å²) in [6, 6.07) is 9.60. The monoisotopic (exact) mass is 292 g/mol. The molecular weight excluding hydrogens is 268 g/mol. The quantitative estimate of drug-likeness (QED) is 0.612. The fourth-order valence-corrected chi connectivity index (χ4v) is 2.03. The van der Waals surface area contributed by atoms with E-state index in [1.165, 1.54) is 0 Å². The van der Waals surface area contributed by atoms with Crippen LogP contribution in [-0.4, -0.2) is 23.7 Å². The van der Waals surface area contributed by atoms with Crippen molar-refractivity contribution in [2.24, 2.45) is 0 Å². The van der Waals surface area contributed by atoms with E-state index in [1.807, 2.05) is 37.3 Å². The lowest BCUT2D eigenvalue weighted by Crippen LogP contribution is -2.37. The molecule has 0 aromatic heterocycles.